The molecule has 1 aromatic carbocycles. The lowest BCUT2D eigenvalue weighted by atomic mass is 10.3. The molecule has 4 N–H and O–H groups in total. The summed E-state index contributed by atoms with van der Waals surface area (Å²) in [5.74, 6) is 2.68. The van der Waals surface area contributed by atoms with Crippen LogP contribution in [0.1, 0.15) is 5.82 Å². The van der Waals surface area contributed by atoms with E-state index in [2.05, 4.69) is 15.0 Å². The van der Waals surface area contributed by atoms with Crippen molar-refractivity contribution >= 4 is 29.3 Å². The van der Waals surface area contributed by atoms with Crippen molar-refractivity contribution in [3.63, 3.8) is 0 Å². The van der Waals surface area contributed by atoms with E-state index < -0.39 is 0 Å². The first-order chi connectivity index (χ1) is 9.99. The van der Waals surface area contributed by atoms with Crippen molar-refractivity contribution in [1.29, 1.82) is 0 Å². The topological polar surface area (TPSA) is 103 Å². The Kier molecular flexibility index (Phi) is 4.69. The highest BCUT2D eigenvalue weighted by Crippen LogP contribution is 2.32. The maximum atomic E-state index is 5.74. The van der Waals surface area contributed by atoms with Crippen LogP contribution in [0.3, 0.4) is 0 Å². The minimum atomic E-state index is 0.216. The SMILES string of the molecule is COc1cc(N)ccc1SCc1nc(N)nc(N(C)C)n1. The highest BCUT2D eigenvalue weighted by atomic mass is 32.2. The summed E-state index contributed by atoms with van der Waals surface area (Å²) in [6.07, 6.45) is 0. The average Bonchev–Trinajstić information content (AvgIpc) is 2.45. The van der Waals surface area contributed by atoms with Gasteiger partial charge in [0.05, 0.1) is 12.9 Å². The molecule has 0 atom stereocenters. The van der Waals surface area contributed by atoms with Gasteiger partial charge < -0.3 is 21.1 Å². The van der Waals surface area contributed by atoms with Crippen molar-refractivity contribution in [2.24, 2.45) is 0 Å². The van der Waals surface area contributed by atoms with Crippen molar-refractivity contribution in [3.8, 4) is 5.75 Å². The first kappa shape index (κ1) is 15.2. The van der Waals surface area contributed by atoms with E-state index in [4.69, 9.17) is 16.2 Å². The standard InChI is InChI=1S/C13H18N6OS/c1-19(2)13-17-11(16-12(15)18-13)7-21-10-5-4-8(14)6-9(10)20-3/h4-6H,7,14H2,1-3H3,(H2,15,16,17,18). The number of hydrogen-bond donors (Lipinski definition) is 2. The highest BCUT2D eigenvalue weighted by molar-refractivity contribution is 7.98. The Labute approximate surface area is 127 Å². The molecule has 0 aliphatic carbocycles. The number of nitrogens with two attached hydrogens (primary N) is 2. The van der Waals surface area contributed by atoms with Crippen molar-refractivity contribution < 1.29 is 4.74 Å². The van der Waals surface area contributed by atoms with Crippen LogP contribution in [-0.2, 0) is 5.75 Å². The Morgan fingerprint density at radius 3 is 2.62 bits per heavy atom. The largest absolute Gasteiger partial charge is 0.496 e. The molecule has 7 nitrogen and oxygen atoms in total. The summed E-state index contributed by atoms with van der Waals surface area (Å²) >= 11 is 1.56. The average molecular weight is 306 g/mol. The Morgan fingerprint density at radius 2 is 1.95 bits per heavy atom. The molecule has 0 spiro atoms. The van der Waals surface area contributed by atoms with Gasteiger partial charge in [0, 0.05) is 30.7 Å². The maximum absolute atomic E-state index is 5.74. The fourth-order valence-corrected chi connectivity index (χ4v) is 2.50. The predicted molar refractivity (Wildman–Crippen MR) is 85.5 cm³/mol. The Hall–Kier alpha value is -2.22. The van der Waals surface area contributed by atoms with Gasteiger partial charge >= 0.3 is 0 Å². The van der Waals surface area contributed by atoms with E-state index in [1.807, 2.05) is 26.2 Å². The van der Waals surface area contributed by atoms with Crippen LogP contribution < -0.4 is 21.1 Å². The van der Waals surface area contributed by atoms with Gasteiger partial charge in [-0.2, -0.15) is 15.0 Å². The van der Waals surface area contributed by atoms with Gasteiger partial charge in [0.25, 0.3) is 0 Å². The second-order valence-corrected chi connectivity index (χ2v) is 5.52. The number of methoxy groups -OCH3 is 1. The van der Waals surface area contributed by atoms with Gasteiger partial charge in [0.2, 0.25) is 11.9 Å². The van der Waals surface area contributed by atoms with Crippen LogP contribution in [0.4, 0.5) is 17.6 Å². The van der Waals surface area contributed by atoms with Crippen molar-refractivity contribution in [2.45, 2.75) is 10.6 Å². The third-order valence-corrected chi connectivity index (χ3v) is 3.68. The molecule has 0 fully saturated rings. The van der Waals surface area contributed by atoms with E-state index in [0.29, 0.717) is 23.2 Å². The molecule has 0 bridgehead atoms. The zero-order valence-electron chi connectivity index (χ0n) is 12.2. The normalized spacial score (nSPS) is 10.4. The van der Waals surface area contributed by atoms with Crippen LogP contribution in [0, 0.1) is 0 Å². The number of hydrogen-bond acceptors (Lipinski definition) is 8. The lowest BCUT2D eigenvalue weighted by molar-refractivity contribution is 0.405. The van der Waals surface area contributed by atoms with Crippen LogP contribution in [-0.4, -0.2) is 36.2 Å². The van der Waals surface area contributed by atoms with E-state index in [-0.39, 0.29) is 5.95 Å². The lowest BCUT2D eigenvalue weighted by Crippen LogP contribution is -2.15. The number of ether oxygens (including phenoxy) is 1. The number of anilines is 3. The molecule has 0 aliphatic heterocycles. The number of nitrogens with zero attached hydrogens (tertiary/aromatic N) is 4. The molecular formula is C13H18N6OS. The zero-order valence-corrected chi connectivity index (χ0v) is 13.0. The second kappa shape index (κ2) is 6.49. The molecule has 2 aromatic rings. The molecule has 0 unspecified atom stereocenters. The molecule has 1 aromatic heterocycles. The summed E-state index contributed by atoms with van der Waals surface area (Å²) in [6.45, 7) is 0. The van der Waals surface area contributed by atoms with Gasteiger partial charge in [0.1, 0.15) is 11.6 Å². The summed E-state index contributed by atoms with van der Waals surface area (Å²) in [7, 11) is 5.33. The second-order valence-electron chi connectivity index (χ2n) is 4.50. The summed E-state index contributed by atoms with van der Waals surface area (Å²) in [5, 5.41) is 0. The lowest BCUT2D eigenvalue weighted by Gasteiger charge is -2.12. The minimum absolute atomic E-state index is 0.216. The number of thioether (sulfide) groups is 1. The first-order valence-electron chi connectivity index (χ1n) is 6.23. The third-order valence-electron chi connectivity index (χ3n) is 2.63. The molecule has 21 heavy (non-hydrogen) atoms. The molecule has 8 heteroatoms. The molecule has 2 rings (SSSR count). The van der Waals surface area contributed by atoms with Crippen LogP contribution in [0.15, 0.2) is 23.1 Å². The van der Waals surface area contributed by atoms with Gasteiger partial charge in [-0.3, -0.25) is 0 Å². The van der Waals surface area contributed by atoms with Gasteiger partial charge in [-0.05, 0) is 12.1 Å². The van der Waals surface area contributed by atoms with Crippen LogP contribution in [0.2, 0.25) is 0 Å². The number of rotatable bonds is 5. The van der Waals surface area contributed by atoms with Gasteiger partial charge in [-0.15, -0.1) is 11.8 Å². The zero-order chi connectivity index (χ0) is 15.4. The maximum Gasteiger partial charge on any atom is 0.229 e. The van der Waals surface area contributed by atoms with Crippen LogP contribution >= 0.6 is 11.8 Å². The smallest absolute Gasteiger partial charge is 0.229 e. The minimum Gasteiger partial charge on any atom is -0.496 e. The predicted octanol–water partition coefficient (Wildman–Crippen LogP) is 1.40. The van der Waals surface area contributed by atoms with E-state index in [0.717, 1.165) is 10.6 Å². The van der Waals surface area contributed by atoms with E-state index in [1.165, 1.54) is 0 Å². The highest BCUT2D eigenvalue weighted by Gasteiger charge is 2.09. The molecule has 0 radical (unpaired) electrons. The summed E-state index contributed by atoms with van der Waals surface area (Å²) in [4.78, 5) is 15.3. The molecule has 0 saturated carbocycles. The van der Waals surface area contributed by atoms with Crippen molar-refractivity contribution in [3.05, 3.63) is 24.0 Å². The Bertz CT molecular complexity index is 634. The van der Waals surface area contributed by atoms with Crippen LogP contribution in [0.5, 0.6) is 5.75 Å². The summed E-state index contributed by atoms with van der Waals surface area (Å²) < 4.78 is 5.31. The monoisotopic (exact) mass is 306 g/mol. The Balaban J connectivity index is 2.16. The molecule has 112 valence electrons. The van der Waals surface area contributed by atoms with E-state index in [9.17, 15) is 0 Å². The van der Waals surface area contributed by atoms with Crippen LogP contribution in [0.25, 0.3) is 0 Å². The third kappa shape index (κ3) is 3.88. The molecule has 1 heterocycles. The molecule has 0 saturated heterocycles. The molecular weight excluding hydrogens is 288 g/mol. The molecule has 0 aliphatic rings. The van der Waals surface area contributed by atoms with Gasteiger partial charge in [-0.25, -0.2) is 0 Å². The Morgan fingerprint density at radius 1 is 1.19 bits per heavy atom. The molecule has 0 amide bonds. The fraction of sp³-hybridized carbons (Fsp3) is 0.308. The fourth-order valence-electron chi connectivity index (χ4n) is 1.64. The summed E-state index contributed by atoms with van der Waals surface area (Å²) in [5.41, 5.74) is 12.1. The number of nitrogen functional groups attached to an aromatic ring is 2. The van der Waals surface area contributed by atoms with E-state index in [1.54, 1.807) is 29.8 Å². The van der Waals surface area contributed by atoms with Crippen molar-refractivity contribution in [2.75, 3.05) is 37.6 Å². The first-order valence-corrected chi connectivity index (χ1v) is 7.22. The number of aromatic nitrogens is 3. The van der Waals surface area contributed by atoms with Gasteiger partial charge in [0.15, 0.2) is 0 Å². The summed E-state index contributed by atoms with van der Waals surface area (Å²) in [6, 6.07) is 5.53. The van der Waals surface area contributed by atoms with Crippen molar-refractivity contribution in [1.82, 2.24) is 15.0 Å². The number of benzene rings is 1. The van der Waals surface area contributed by atoms with E-state index >= 15 is 0 Å². The van der Waals surface area contributed by atoms with Gasteiger partial charge in [-0.1, -0.05) is 0 Å². The quantitative estimate of drug-likeness (QED) is 0.631.